The highest BCUT2D eigenvalue weighted by Gasteiger charge is 2.55. The van der Waals surface area contributed by atoms with Crippen molar-refractivity contribution in [1.29, 1.82) is 0 Å². The van der Waals surface area contributed by atoms with Crippen molar-refractivity contribution >= 4 is 21.6 Å². The Labute approximate surface area is 138 Å². The van der Waals surface area contributed by atoms with Gasteiger partial charge in [-0.05, 0) is 18.6 Å². The number of ether oxygens (including phenoxy) is 1. The van der Waals surface area contributed by atoms with Crippen molar-refractivity contribution < 1.29 is 17.9 Å². The largest absolute Gasteiger partial charge is 0.376 e. The molecule has 0 spiro atoms. The van der Waals surface area contributed by atoms with Gasteiger partial charge in [-0.25, -0.2) is 13.1 Å². The molecule has 3 heterocycles. The van der Waals surface area contributed by atoms with E-state index in [0.717, 1.165) is 12.7 Å². The zero-order chi connectivity index (χ0) is 16.9. The van der Waals surface area contributed by atoms with Gasteiger partial charge in [-0.15, -0.1) is 10.2 Å². The molecule has 2 aromatic heterocycles. The third-order valence-electron chi connectivity index (χ3n) is 4.60. The van der Waals surface area contributed by atoms with Gasteiger partial charge in [-0.2, -0.15) is 0 Å². The molecule has 9 nitrogen and oxygen atoms in total. The average molecular weight is 351 g/mol. The first-order valence-electron chi connectivity index (χ1n) is 7.61. The third kappa shape index (κ3) is 2.66. The van der Waals surface area contributed by atoms with E-state index in [2.05, 4.69) is 20.2 Å². The molecule has 2 fully saturated rings. The van der Waals surface area contributed by atoms with Crippen LogP contribution >= 0.6 is 0 Å². The van der Waals surface area contributed by atoms with E-state index < -0.39 is 16.1 Å². The second-order valence-corrected chi connectivity index (χ2v) is 7.99. The Bertz CT molecular complexity index is 895. The minimum Gasteiger partial charge on any atom is -0.376 e. The molecule has 0 bridgehead atoms. The molecule has 24 heavy (non-hydrogen) atoms. The number of nitrogens with one attached hydrogen (secondary N) is 2. The van der Waals surface area contributed by atoms with Crippen molar-refractivity contribution in [2.75, 3.05) is 12.9 Å². The summed E-state index contributed by atoms with van der Waals surface area (Å²) in [5.41, 5.74) is 1.03. The average Bonchev–Trinajstić information content (AvgIpc) is 3.15. The summed E-state index contributed by atoms with van der Waals surface area (Å²) >= 11 is 0. The molecule has 1 amide bonds. The number of pyridine rings is 1. The molecule has 1 saturated carbocycles. The highest BCUT2D eigenvalue weighted by atomic mass is 32.2. The van der Waals surface area contributed by atoms with Crippen LogP contribution in [0.3, 0.4) is 0 Å². The fourth-order valence-corrected chi connectivity index (χ4v) is 4.26. The quantitative estimate of drug-likeness (QED) is 0.743. The zero-order valence-electron chi connectivity index (χ0n) is 12.9. The molecule has 4 rings (SSSR count). The lowest BCUT2D eigenvalue weighted by molar-refractivity contribution is -0.0194. The molecule has 128 valence electrons. The van der Waals surface area contributed by atoms with Crippen LogP contribution in [0, 0.1) is 5.92 Å². The summed E-state index contributed by atoms with van der Waals surface area (Å²) in [6.45, 7) is 0.579. The summed E-state index contributed by atoms with van der Waals surface area (Å²) < 4.78 is 32.9. The van der Waals surface area contributed by atoms with Crippen LogP contribution < -0.4 is 10.0 Å². The second-order valence-electron chi connectivity index (χ2n) is 6.21. The zero-order valence-corrected chi connectivity index (χ0v) is 13.7. The molecule has 2 aromatic rings. The molecular weight excluding hydrogens is 334 g/mol. The SMILES string of the molecule is CS(=O)(=O)N[C@@H]1[C@@H](NC(=O)c2ccn3cnnc3c2)[C@H]2CCO[C@H]21. The fourth-order valence-electron chi connectivity index (χ4n) is 3.48. The number of hydrogen-bond donors (Lipinski definition) is 2. The Morgan fingerprint density at radius 3 is 3.04 bits per heavy atom. The number of fused-ring (bicyclic) bond motifs is 2. The predicted molar refractivity (Wildman–Crippen MR) is 83.9 cm³/mol. The van der Waals surface area contributed by atoms with Gasteiger partial charge in [0.25, 0.3) is 5.91 Å². The van der Waals surface area contributed by atoms with Gasteiger partial charge in [0.05, 0.1) is 24.4 Å². The smallest absolute Gasteiger partial charge is 0.251 e. The molecule has 4 atom stereocenters. The number of carbonyl (C=O) groups excluding carboxylic acids is 1. The summed E-state index contributed by atoms with van der Waals surface area (Å²) in [6.07, 6.45) is 4.99. The topological polar surface area (TPSA) is 115 Å². The molecule has 10 heteroatoms. The van der Waals surface area contributed by atoms with E-state index in [1.54, 1.807) is 29.1 Å². The molecule has 1 aliphatic heterocycles. The van der Waals surface area contributed by atoms with Gasteiger partial charge in [-0.1, -0.05) is 0 Å². The van der Waals surface area contributed by atoms with E-state index in [1.165, 1.54) is 0 Å². The summed E-state index contributed by atoms with van der Waals surface area (Å²) in [5, 5.41) is 10.6. The van der Waals surface area contributed by atoms with E-state index in [9.17, 15) is 13.2 Å². The first kappa shape index (κ1) is 15.5. The number of hydrogen-bond acceptors (Lipinski definition) is 6. The first-order chi connectivity index (χ1) is 11.4. The summed E-state index contributed by atoms with van der Waals surface area (Å²) in [5.74, 6) is -0.138. The van der Waals surface area contributed by atoms with Gasteiger partial charge in [0, 0.05) is 24.3 Å². The lowest BCUT2D eigenvalue weighted by atomic mass is 9.72. The number of carbonyl (C=O) groups is 1. The third-order valence-corrected chi connectivity index (χ3v) is 5.30. The van der Waals surface area contributed by atoms with Crippen LogP contribution in [0.4, 0.5) is 0 Å². The minimum atomic E-state index is -3.38. The Morgan fingerprint density at radius 2 is 2.25 bits per heavy atom. The Balaban J connectivity index is 1.53. The first-order valence-corrected chi connectivity index (χ1v) is 9.51. The van der Waals surface area contributed by atoms with Crippen LogP contribution in [0.5, 0.6) is 0 Å². The number of aromatic nitrogens is 3. The fraction of sp³-hybridized carbons (Fsp3) is 0.500. The Morgan fingerprint density at radius 1 is 1.42 bits per heavy atom. The lowest BCUT2D eigenvalue weighted by Crippen LogP contribution is -2.70. The summed E-state index contributed by atoms with van der Waals surface area (Å²) in [6, 6.07) is 2.59. The lowest BCUT2D eigenvalue weighted by Gasteiger charge is -2.47. The summed E-state index contributed by atoms with van der Waals surface area (Å²) in [4.78, 5) is 12.5. The molecule has 2 aliphatic rings. The number of rotatable bonds is 4. The van der Waals surface area contributed by atoms with Crippen molar-refractivity contribution in [3.63, 3.8) is 0 Å². The standard InChI is InChI=1S/C14H17N5O4S/c1-24(21,22)18-12-11(9-3-5-23-13(9)12)16-14(20)8-2-4-19-7-15-17-10(19)6-8/h2,4,6-7,9,11-13,18H,3,5H2,1H3,(H,16,20)/t9-,11+,12-,13-/m1/s1. The molecule has 0 aromatic carbocycles. The minimum absolute atomic E-state index is 0.130. The molecule has 1 aliphatic carbocycles. The molecule has 0 unspecified atom stereocenters. The van der Waals surface area contributed by atoms with Crippen LogP contribution in [0.2, 0.25) is 0 Å². The maximum absolute atomic E-state index is 12.5. The van der Waals surface area contributed by atoms with E-state index in [4.69, 9.17) is 4.74 Å². The van der Waals surface area contributed by atoms with Crippen molar-refractivity contribution in [3.05, 3.63) is 30.2 Å². The molecular formula is C14H17N5O4S. The van der Waals surface area contributed by atoms with Crippen molar-refractivity contribution in [2.45, 2.75) is 24.6 Å². The predicted octanol–water partition coefficient (Wildman–Crippen LogP) is -0.836. The molecule has 0 radical (unpaired) electrons. The number of nitrogens with zero attached hydrogens (tertiary/aromatic N) is 3. The van der Waals surface area contributed by atoms with Gasteiger partial charge >= 0.3 is 0 Å². The molecule has 2 N–H and O–H groups in total. The van der Waals surface area contributed by atoms with Crippen LogP contribution in [-0.2, 0) is 14.8 Å². The van der Waals surface area contributed by atoms with Gasteiger partial charge in [0.2, 0.25) is 10.0 Å². The number of amides is 1. The van der Waals surface area contributed by atoms with Gasteiger partial charge in [-0.3, -0.25) is 9.20 Å². The summed E-state index contributed by atoms with van der Waals surface area (Å²) in [7, 11) is -3.38. The highest BCUT2D eigenvalue weighted by Crippen LogP contribution is 2.39. The van der Waals surface area contributed by atoms with Crippen molar-refractivity contribution in [3.8, 4) is 0 Å². The van der Waals surface area contributed by atoms with E-state index in [-0.39, 0.29) is 24.0 Å². The number of sulfonamides is 1. The van der Waals surface area contributed by atoms with E-state index in [1.807, 2.05) is 0 Å². The van der Waals surface area contributed by atoms with Gasteiger partial charge < -0.3 is 10.1 Å². The van der Waals surface area contributed by atoms with Crippen LogP contribution in [0.1, 0.15) is 16.8 Å². The van der Waals surface area contributed by atoms with Crippen LogP contribution in [0.25, 0.3) is 5.65 Å². The van der Waals surface area contributed by atoms with Crippen LogP contribution in [-0.4, -0.2) is 60.0 Å². The second kappa shape index (κ2) is 5.50. The van der Waals surface area contributed by atoms with E-state index in [0.29, 0.717) is 17.8 Å². The normalized spacial score (nSPS) is 29.2. The van der Waals surface area contributed by atoms with Gasteiger partial charge in [0.1, 0.15) is 6.33 Å². The van der Waals surface area contributed by atoms with Crippen LogP contribution in [0.15, 0.2) is 24.7 Å². The highest BCUT2D eigenvalue weighted by molar-refractivity contribution is 7.88. The van der Waals surface area contributed by atoms with E-state index >= 15 is 0 Å². The molecule has 1 saturated heterocycles. The maximum atomic E-state index is 12.5. The Hall–Kier alpha value is -2.04. The van der Waals surface area contributed by atoms with Crippen molar-refractivity contribution in [1.82, 2.24) is 24.6 Å². The maximum Gasteiger partial charge on any atom is 0.251 e. The van der Waals surface area contributed by atoms with Crippen molar-refractivity contribution in [2.24, 2.45) is 5.92 Å². The van der Waals surface area contributed by atoms with Gasteiger partial charge in [0.15, 0.2) is 5.65 Å². The Kier molecular flexibility index (Phi) is 3.55. The monoisotopic (exact) mass is 351 g/mol.